The fourth-order valence-corrected chi connectivity index (χ4v) is 7.43. The number of ether oxygens (including phenoxy) is 1. The molecule has 0 aromatic carbocycles. The van der Waals surface area contributed by atoms with Crippen LogP contribution in [0.3, 0.4) is 0 Å². The second-order valence-corrected chi connectivity index (χ2v) is 12.0. The first-order valence-corrected chi connectivity index (χ1v) is 11.9. The number of aliphatic hydroxyl groups excluding tert-OH is 1. The van der Waals surface area contributed by atoms with Gasteiger partial charge in [0.15, 0.2) is 5.78 Å². The van der Waals surface area contributed by atoms with E-state index in [0.717, 1.165) is 18.4 Å². The highest BCUT2D eigenvalue weighted by Crippen LogP contribution is 2.67. The average Bonchev–Trinajstić information content (AvgIpc) is 2.96. The predicted octanol–water partition coefficient (Wildman–Crippen LogP) is 3.04. The van der Waals surface area contributed by atoms with E-state index in [2.05, 4.69) is 6.92 Å². The molecular weight excluding hydrogens is 424 g/mol. The fourth-order valence-electron chi connectivity index (χ4n) is 7.43. The zero-order valence-electron chi connectivity index (χ0n) is 20.1. The van der Waals surface area contributed by atoms with Gasteiger partial charge in [-0.15, -0.1) is 0 Å². The lowest BCUT2D eigenvalue weighted by atomic mass is 9.46. The molecule has 0 aromatic rings. The molecule has 4 rings (SSSR count). The lowest BCUT2D eigenvalue weighted by molar-refractivity contribution is -0.220. The minimum absolute atomic E-state index is 0.0312. The summed E-state index contributed by atoms with van der Waals surface area (Å²) in [6, 6.07) is 0. The van der Waals surface area contributed by atoms with E-state index in [-0.39, 0.29) is 36.4 Å². The number of aliphatic carboxylic acids is 1. The van der Waals surface area contributed by atoms with Crippen LogP contribution in [0.2, 0.25) is 0 Å². The molecule has 0 heterocycles. The maximum absolute atomic E-state index is 12.6. The van der Waals surface area contributed by atoms with Crippen molar-refractivity contribution in [1.29, 1.82) is 0 Å². The molecule has 0 radical (unpaired) electrons. The number of allylic oxidation sites excluding steroid dienone is 4. The lowest BCUT2D eigenvalue weighted by Gasteiger charge is -2.60. The standard InChI is InChI=1S/C26H36O7/c1-23(2,3)22(31)33-20(21(29)30)26(32)11-9-17-16-7-6-14-12-15(27)8-10-24(14,4)19(16)18(28)13-25(17,26)5/h8,10,12,16-20,28,32H,6-7,9,11,13H2,1-5H3,(H,29,30)/t16-,17-,18?,19+,20-,24-,25-,26-/m0/s1. The van der Waals surface area contributed by atoms with Crippen LogP contribution in [0.4, 0.5) is 0 Å². The van der Waals surface area contributed by atoms with Crippen molar-refractivity contribution in [3.63, 3.8) is 0 Å². The summed E-state index contributed by atoms with van der Waals surface area (Å²) in [6.45, 7) is 8.84. The summed E-state index contributed by atoms with van der Waals surface area (Å²) in [6.07, 6.45) is 5.16. The third-order valence-electron chi connectivity index (χ3n) is 9.21. The van der Waals surface area contributed by atoms with Crippen molar-refractivity contribution < 1.29 is 34.4 Å². The number of hydrogen-bond donors (Lipinski definition) is 3. The van der Waals surface area contributed by atoms with Crippen LogP contribution in [-0.2, 0) is 19.1 Å². The van der Waals surface area contributed by atoms with Crippen molar-refractivity contribution in [3.05, 3.63) is 23.8 Å². The van der Waals surface area contributed by atoms with E-state index in [1.54, 1.807) is 32.9 Å². The van der Waals surface area contributed by atoms with Gasteiger partial charge in [-0.3, -0.25) is 9.59 Å². The number of carboxylic acids is 1. The summed E-state index contributed by atoms with van der Waals surface area (Å²) in [5, 5.41) is 33.3. The molecule has 3 saturated carbocycles. The highest BCUT2D eigenvalue weighted by atomic mass is 16.6. The van der Waals surface area contributed by atoms with Crippen LogP contribution >= 0.6 is 0 Å². The Labute approximate surface area is 194 Å². The molecule has 7 heteroatoms. The Morgan fingerprint density at radius 2 is 1.88 bits per heavy atom. The number of carbonyl (C=O) groups is 3. The van der Waals surface area contributed by atoms with Crippen LogP contribution in [0.1, 0.15) is 66.7 Å². The second-order valence-electron chi connectivity index (χ2n) is 12.0. The molecule has 3 N–H and O–H groups in total. The van der Waals surface area contributed by atoms with E-state index < -0.39 is 46.0 Å². The van der Waals surface area contributed by atoms with Crippen molar-refractivity contribution in [1.82, 2.24) is 0 Å². The molecule has 0 saturated heterocycles. The van der Waals surface area contributed by atoms with Gasteiger partial charge in [-0.25, -0.2) is 4.79 Å². The molecule has 0 amide bonds. The van der Waals surface area contributed by atoms with Gasteiger partial charge >= 0.3 is 11.9 Å². The summed E-state index contributed by atoms with van der Waals surface area (Å²) >= 11 is 0. The molecule has 0 aliphatic heterocycles. The van der Waals surface area contributed by atoms with Gasteiger partial charge in [0, 0.05) is 16.7 Å². The average molecular weight is 461 g/mol. The highest BCUT2D eigenvalue weighted by Gasteiger charge is 2.70. The minimum Gasteiger partial charge on any atom is -0.478 e. The fraction of sp³-hybridized carbons (Fsp3) is 0.731. The first-order valence-electron chi connectivity index (χ1n) is 11.9. The number of carboxylic acid groups (broad SMARTS) is 1. The second kappa shape index (κ2) is 7.51. The third-order valence-corrected chi connectivity index (χ3v) is 9.21. The predicted molar refractivity (Wildman–Crippen MR) is 120 cm³/mol. The van der Waals surface area contributed by atoms with E-state index in [4.69, 9.17) is 4.74 Å². The number of ketones is 1. The molecule has 0 bridgehead atoms. The molecule has 0 spiro atoms. The van der Waals surface area contributed by atoms with Crippen LogP contribution in [0.5, 0.6) is 0 Å². The van der Waals surface area contributed by atoms with Crippen LogP contribution in [0.25, 0.3) is 0 Å². The van der Waals surface area contributed by atoms with Gasteiger partial charge in [-0.05, 0) is 76.9 Å². The van der Waals surface area contributed by atoms with Crippen molar-refractivity contribution in [3.8, 4) is 0 Å². The highest BCUT2D eigenvalue weighted by molar-refractivity contribution is 6.01. The van der Waals surface area contributed by atoms with E-state index >= 15 is 0 Å². The maximum atomic E-state index is 12.6. The summed E-state index contributed by atoms with van der Waals surface area (Å²) in [7, 11) is 0. The van der Waals surface area contributed by atoms with Gasteiger partial charge in [-0.2, -0.15) is 0 Å². The molecule has 3 fully saturated rings. The van der Waals surface area contributed by atoms with Gasteiger partial charge in [0.2, 0.25) is 6.10 Å². The van der Waals surface area contributed by atoms with Gasteiger partial charge in [0.25, 0.3) is 0 Å². The quantitative estimate of drug-likeness (QED) is 0.554. The summed E-state index contributed by atoms with van der Waals surface area (Å²) < 4.78 is 5.44. The molecule has 7 nitrogen and oxygen atoms in total. The molecule has 1 unspecified atom stereocenters. The number of rotatable bonds is 3. The van der Waals surface area contributed by atoms with Gasteiger partial charge in [-0.1, -0.05) is 25.5 Å². The Hall–Kier alpha value is -1.99. The van der Waals surface area contributed by atoms with Crippen molar-refractivity contribution in [2.24, 2.45) is 34.0 Å². The number of hydrogen-bond acceptors (Lipinski definition) is 6. The Kier molecular flexibility index (Phi) is 5.49. The van der Waals surface area contributed by atoms with Crippen LogP contribution in [0, 0.1) is 34.0 Å². The topological polar surface area (TPSA) is 121 Å². The van der Waals surface area contributed by atoms with Crippen LogP contribution in [-0.4, -0.2) is 50.9 Å². The first-order chi connectivity index (χ1) is 15.1. The molecule has 8 atom stereocenters. The number of aliphatic hydroxyl groups is 2. The number of carbonyl (C=O) groups excluding carboxylic acids is 2. The Morgan fingerprint density at radius 3 is 2.48 bits per heavy atom. The van der Waals surface area contributed by atoms with E-state index in [0.29, 0.717) is 6.42 Å². The molecule has 4 aliphatic carbocycles. The number of esters is 1. The lowest BCUT2D eigenvalue weighted by Crippen LogP contribution is -2.64. The zero-order chi connectivity index (χ0) is 24.6. The normalized spacial score (nSPS) is 43.1. The first kappa shape index (κ1) is 24.1. The van der Waals surface area contributed by atoms with Crippen molar-refractivity contribution in [2.45, 2.75) is 84.5 Å². The summed E-state index contributed by atoms with van der Waals surface area (Å²) in [5.74, 6) is -2.18. The Morgan fingerprint density at radius 1 is 1.21 bits per heavy atom. The smallest absolute Gasteiger partial charge is 0.348 e. The molecule has 0 aromatic heterocycles. The number of fused-ring (bicyclic) bond motifs is 5. The third kappa shape index (κ3) is 3.42. The maximum Gasteiger partial charge on any atom is 0.348 e. The molecule has 4 aliphatic rings. The SMILES string of the molecule is CC(C)(C)C(=O)O[C@@H](C(=O)O)[C@@]1(O)CC[C@H]2[C@@H]3CCC4=CC(=O)C=C[C@]4(C)[C@H]3C(O)C[C@@]21C. The monoisotopic (exact) mass is 460 g/mol. The van der Waals surface area contributed by atoms with E-state index in [9.17, 15) is 29.7 Å². The summed E-state index contributed by atoms with van der Waals surface area (Å²) in [4.78, 5) is 36.8. The van der Waals surface area contributed by atoms with E-state index in [1.165, 1.54) is 0 Å². The Bertz CT molecular complexity index is 943. The summed E-state index contributed by atoms with van der Waals surface area (Å²) in [5.41, 5.74) is -3.03. The van der Waals surface area contributed by atoms with Crippen LogP contribution < -0.4 is 0 Å². The van der Waals surface area contributed by atoms with Gasteiger partial charge < -0.3 is 20.1 Å². The van der Waals surface area contributed by atoms with Crippen molar-refractivity contribution in [2.75, 3.05) is 0 Å². The minimum atomic E-state index is -1.79. The van der Waals surface area contributed by atoms with E-state index in [1.807, 2.05) is 13.0 Å². The van der Waals surface area contributed by atoms with Gasteiger partial charge in [0.1, 0.15) is 5.60 Å². The largest absolute Gasteiger partial charge is 0.478 e. The Balaban J connectivity index is 1.70. The zero-order valence-corrected chi connectivity index (χ0v) is 20.1. The van der Waals surface area contributed by atoms with Crippen LogP contribution in [0.15, 0.2) is 23.8 Å². The molecular formula is C26H36O7. The van der Waals surface area contributed by atoms with Crippen molar-refractivity contribution >= 4 is 17.7 Å². The van der Waals surface area contributed by atoms with Gasteiger partial charge in [0.05, 0.1) is 11.5 Å². The molecule has 33 heavy (non-hydrogen) atoms. The molecule has 182 valence electrons.